The number of pyridine rings is 1. The molecule has 1 heterocycles. The van der Waals surface area contributed by atoms with Crippen molar-refractivity contribution in [3.8, 4) is 0 Å². The van der Waals surface area contributed by atoms with Gasteiger partial charge in [0.15, 0.2) is 0 Å². The molecule has 1 aromatic rings. The minimum atomic E-state index is 0.266. The van der Waals surface area contributed by atoms with Gasteiger partial charge in [0.25, 0.3) is 0 Å². The van der Waals surface area contributed by atoms with E-state index in [1.54, 1.807) is 12.4 Å². The van der Waals surface area contributed by atoms with Gasteiger partial charge in [-0.25, -0.2) is 0 Å². The molecule has 4 heteroatoms. The van der Waals surface area contributed by atoms with E-state index in [-0.39, 0.29) is 4.38 Å². The Bertz CT molecular complexity index is 237. The first-order chi connectivity index (χ1) is 5.29. The van der Waals surface area contributed by atoms with Crippen LogP contribution in [0, 0.1) is 0 Å². The van der Waals surface area contributed by atoms with Gasteiger partial charge in [-0.05, 0) is 29.9 Å². The highest BCUT2D eigenvalue weighted by atomic mass is 32.1. The van der Waals surface area contributed by atoms with E-state index in [4.69, 9.17) is 4.74 Å². The fourth-order valence-corrected chi connectivity index (χ4v) is 0.748. The Morgan fingerprint density at radius 1 is 1.55 bits per heavy atom. The van der Waals surface area contributed by atoms with Gasteiger partial charge in [-0.1, -0.05) is 12.6 Å². The summed E-state index contributed by atoms with van der Waals surface area (Å²) in [5, 5.41) is 0. The molecule has 0 atom stereocenters. The second kappa shape index (κ2) is 4.31. The summed E-state index contributed by atoms with van der Waals surface area (Å²) < 4.78 is 5.26. The Morgan fingerprint density at radius 3 is 2.73 bits per heavy atom. The van der Waals surface area contributed by atoms with Crippen LogP contribution in [0.3, 0.4) is 0 Å². The maximum Gasteiger partial charge on any atom is 0.217 e. The van der Waals surface area contributed by atoms with E-state index >= 15 is 0 Å². The Labute approximate surface area is 76.0 Å². The number of aromatic nitrogens is 1. The normalized spacial score (nSPS) is 9.18. The predicted octanol–water partition coefficient (Wildman–Crippen LogP) is 1.81. The minimum absolute atomic E-state index is 0.266. The van der Waals surface area contributed by atoms with E-state index in [0.717, 1.165) is 5.56 Å². The monoisotopic (exact) mass is 185 g/mol. The van der Waals surface area contributed by atoms with Crippen molar-refractivity contribution in [1.82, 2.24) is 4.98 Å². The largest absolute Gasteiger partial charge is 0.474 e. The topological polar surface area (TPSA) is 22.1 Å². The Balaban J connectivity index is 2.45. The van der Waals surface area contributed by atoms with Crippen molar-refractivity contribution < 1.29 is 4.74 Å². The highest BCUT2D eigenvalue weighted by molar-refractivity contribution is 8.10. The van der Waals surface area contributed by atoms with E-state index in [2.05, 4.69) is 29.8 Å². The number of ether oxygens (including phenoxy) is 1. The van der Waals surface area contributed by atoms with Crippen LogP contribution >= 0.6 is 24.8 Å². The SMILES string of the molecule is S=C(S)OCc1ccncc1. The summed E-state index contributed by atoms with van der Waals surface area (Å²) in [6.45, 7) is 0.463. The van der Waals surface area contributed by atoms with Gasteiger partial charge in [-0.3, -0.25) is 4.98 Å². The summed E-state index contributed by atoms with van der Waals surface area (Å²) in [5.74, 6) is 0. The van der Waals surface area contributed by atoms with Crippen LogP contribution in [0.15, 0.2) is 24.5 Å². The second-order valence-corrected chi connectivity index (χ2v) is 2.99. The van der Waals surface area contributed by atoms with Crippen molar-refractivity contribution in [2.45, 2.75) is 6.61 Å². The van der Waals surface area contributed by atoms with Gasteiger partial charge in [0.05, 0.1) is 0 Å². The van der Waals surface area contributed by atoms with Crippen molar-refractivity contribution in [2.24, 2.45) is 0 Å². The van der Waals surface area contributed by atoms with Crippen LogP contribution in [-0.2, 0) is 11.3 Å². The molecule has 2 nitrogen and oxygen atoms in total. The molecule has 0 fully saturated rings. The molecule has 0 radical (unpaired) electrons. The van der Waals surface area contributed by atoms with Gasteiger partial charge in [-0.2, -0.15) is 0 Å². The molecule has 0 saturated carbocycles. The van der Waals surface area contributed by atoms with Crippen LogP contribution in [-0.4, -0.2) is 9.37 Å². The summed E-state index contributed by atoms with van der Waals surface area (Å²) in [4.78, 5) is 3.86. The number of thiol groups is 1. The maximum atomic E-state index is 5.00. The van der Waals surface area contributed by atoms with Crippen LogP contribution in [0.25, 0.3) is 0 Å². The molecule has 11 heavy (non-hydrogen) atoms. The number of rotatable bonds is 2. The molecule has 0 N–H and O–H groups in total. The zero-order valence-corrected chi connectivity index (χ0v) is 7.44. The summed E-state index contributed by atoms with van der Waals surface area (Å²) in [7, 11) is 0. The molecule has 1 rings (SSSR count). The third kappa shape index (κ3) is 3.34. The molecular weight excluding hydrogens is 178 g/mol. The van der Waals surface area contributed by atoms with Gasteiger partial charge in [-0.15, -0.1) is 0 Å². The lowest BCUT2D eigenvalue weighted by atomic mass is 10.3. The first kappa shape index (κ1) is 8.49. The Kier molecular flexibility index (Phi) is 3.32. The standard InChI is InChI=1S/C7H7NOS2/c10-7(11)9-5-6-1-3-8-4-2-6/h1-4H,5H2,(H,10,11). The van der Waals surface area contributed by atoms with Crippen LogP contribution in [0.1, 0.15) is 5.56 Å². The highest BCUT2D eigenvalue weighted by Gasteiger charge is 1.91. The Hall–Kier alpha value is -0.610. The molecule has 58 valence electrons. The number of thiocarbonyl (C=S) groups is 1. The molecule has 0 aliphatic heterocycles. The van der Waals surface area contributed by atoms with Crippen molar-refractivity contribution in [2.75, 3.05) is 0 Å². The molecule has 1 aromatic heterocycles. The van der Waals surface area contributed by atoms with E-state index in [0.29, 0.717) is 6.61 Å². The highest BCUT2D eigenvalue weighted by Crippen LogP contribution is 2.00. The van der Waals surface area contributed by atoms with Crippen molar-refractivity contribution in [3.05, 3.63) is 30.1 Å². The van der Waals surface area contributed by atoms with Crippen molar-refractivity contribution >= 4 is 29.2 Å². The average Bonchev–Trinajstić information content (AvgIpc) is 2.03. The third-order valence-electron chi connectivity index (χ3n) is 1.11. The van der Waals surface area contributed by atoms with Gasteiger partial charge in [0.2, 0.25) is 4.38 Å². The minimum Gasteiger partial charge on any atom is -0.474 e. The van der Waals surface area contributed by atoms with Crippen LogP contribution < -0.4 is 0 Å². The van der Waals surface area contributed by atoms with Crippen LogP contribution in [0.4, 0.5) is 0 Å². The smallest absolute Gasteiger partial charge is 0.217 e. The summed E-state index contributed by atoms with van der Waals surface area (Å²) >= 11 is 8.44. The lowest BCUT2D eigenvalue weighted by Crippen LogP contribution is -1.93. The predicted molar refractivity (Wildman–Crippen MR) is 50.6 cm³/mol. The van der Waals surface area contributed by atoms with Crippen molar-refractivity contribution in [1.29, 1.82) is 0 Å². The molecule has 0 saturated heterocycles. The number of hydrogen-bond acceptors (Lipinski definition) is 3. The molecule has 0 aliphatic rings. The van der Waals surface area contributed by atoms with Crippen LogP contribution in [0.2, 0.25) is 0 Å². The molecular formula is C7H7NOS2. The molecule has 0 bridgehead atoms. The van der Waals surface area contributed by atoms with E-state index < -0.39 is 0 Å². The second-order valence-electron chi connectivity index (χ2n) is 1.91. The molecule has 0 amide bonds. The molecule has 0 unspecified atom stereocenters. The van der Waals surface area contributed by atoms with Crippen molar-refractivity contribution in [3.63, 3.8) is 0 Å². The van der Waals surface area contributed by atoms with Gasteiger partial charge >= 0.3 is 0 Å². The van der Waals surface area contributed by atoms with E-state index in [1.165, 1.54) is 0 Å². The number of nitrogens with zero attached hydrogens (tertiary/aromatic N) is 1. The third-order valence-corrected chi connectivity index (χ3v) is 1.36. The zero-order valence-electron chi connectivity index (χ0n) is 5.73. The maximum absolute atomic E-state index is 5.00. The quantitative estimate of drug-likeness (QED) is 0.561. The fourth-order valence-electron chi connectivity index (χ4n) is 0.624. The summed E-state index contributed by atoms with van der Waals surface area (Å²) in [5.41, 5.74) is 1.04. The first-order valence-corrected chi connectivity index (χ1v) is 3.89. The van der Waals surface area contributed by atoms with Gasteiger partial charge in [0, 0.05) is 12.4 Å². The molecule has 0 aliphatic carbocycles. The lowest BCUT2D eigenvalue weighted by molar-refractivity contribution is 0.310. The molecule has 0 spiro atoms. The fraction of sp³-hybridized carbons (Fsp3) is 0.143. The molecule has 0 aromatic carbocycles. The number of hydrogen-bond donors (Lipinski definition) is 1. The van der Waals surface area contributed by atoms with Crippen LogP contribution in [0.5, 0.6) is 0 Å². The first-order valence-electron chi connectivity index (χ1n) is 3.03. The van der Waals surface area contributed by atoms with E-state index in [9.17, 15) is 0 Å². The van der Waals surface area contributed by atoms with Gasteiger partial charge in [0.1, 0.15) is 6.61 Å². The Morgan fingerprint density at radius 2 is 2.18 bits per heavy atom. The summed E-state index contributed by atoms with van der Waals surface area (Å²) in [6.07, 6.45) is 3.42. The van der Waals surface area contributed by atoms with E-state index in [1.807, 2.05) is 12.1 Å². The average molecular weight is 185 g/mol. The lowest BCUT2D eigenvalue weighted by Gasteiger charge is -2.00. The summed E-state index contributed by atoms with van der Waals surface area (Å²) in [6, 6.07) is 3.73. The zero-order chi connectivity index (χ0) is 8.10. The van der Waals surface area contributed by atoms with Gasteiger partial charge < -0.3 is 4.74 Å².